The summed E-state index contributed by atoms with van der Waals surface area (Å²) in [6.07, 6.45) is 0. The Labute approximate surface area is 127 Å². The number of nitrogens with one attached hydrogen (secondary N) is 1. The molecule has 2 rings (SSSR count). The van der Waals surface area contributed by atoms with E-state index in [1.807, 2.05) is 0 Å². The Balaban J connectivity index is 2.30. The fraction of sp³-hybridized carbons (Fsp3) is 0. The highest BCUT2D eigenvalue weighted by atomic mass is 79.9. The van der Waals surface area contributed by atoms with Gasteiger partial charge in [-0.05, 0) is 34.1 Å². The molecule has 2 aromatic rings. The van der Waals surface area contributed by atoms with Crippen molar-refractivity contribution < 1.29 is 9.72 Å². The van der Waals surface area contributed by atoms with Crippen LogP contribution in [0.5, 0.6) is 0 Å². The normalized spacial score (nSPS) is 10.1. The maximum absolute atomic E-state index is 12.1. The van der Waals surface area contributed by atoms with E-state index in [0.29, 0.717) is 0 Å². The zero-order chi connectivity index (χ0) is 14.7. The smallest absolute Gasteiger partial charge is 0.284 e. The minimum Gasteiger partial charge on any atom is -0.306 e. The van der Waals surface area contributed by atoms with E-state index in [-0.39, 0.29) is 26.7 Å². The van der Waals surface area contributed by atoms with Crippen molar-refractivity contribution >= 4 is 44.9 Å². The van der Waals surface area contributed by atoms with Gasteiger partial charge in [-0.1, -0.05) is 23.7 Å². The molecule has 0 saturated heterocycles. The van der Waals surface area contributed by atoms with E-state index in [9.17, 15) is 14.9 Å². The number of anilines is 1. The first-order valence-corrected chi connectivity index (χ1v) is 6.53. The molecule has 0 aliphatic carbocycles. The summed E-state index contributed by atoms with van der Waals surface area (Å²) in [5.74, 6) is -0.253. The van der Waals surface area contributed by atoms with Crippen LogP contribution in [0.2, 0.25) is 5.15 Å². The molecule has 0 unspecified atom stereocenters. The molecule has 0 atom stereocenters. The van der Waals surface area contributed by atoms with Crippen LogP contribution in [0.3, 0.4) is 0 Å². The number of benzene rings is 1. The van der Waals surface area contributed by atoms with Gasteiger partial charge < -0.3 is 5.32 Å². The third-order valence-electron chi connectivity index (χ3n) is 2.38. The van der Waals surface area contributed by atoms with Gasteiger partial charge in [0.25, 0.3) is 11.6 Å². The Bertz CT molecular complexity index is 693. The fourth-order valence-corrected chi connectivity index (χ4v) is 2.25. The van der Waals surface area contributed by atoms with Gasteiger partial charge >= 0.3 is 0 Å². The van der Waals surface area contributed by atoms with Gasteiger partial charge in [0.15, 0.2) is 0 Å². The van der Waals surface area contributed by atoms with Crippen LogP contribution >= 0.6 is 27.5 Å². The average Bonchev–Trinajstić information content (AvgIpc) is 2.38. The molecule has 102 valence electrons. The predicted octanol–water partition coefficient (Wildman–Crippen LogP) is 3.66. The molecule has 1 aromatic carbocycles. The molecule has 1 heterocycles. The third kappa shape index (κ3) is 3.12. The fourth-order valence-electron chi connectivity index (χ4n) is 1.50. The molecular formula is C12H7BrClN3O3. The first-order chi connectivity index (χ1) is 9.49. The standard InChI is InChI=1S/C12H7BrClN3O3/c13-11-7(3-1-4-8(11)17(19)20)12(18)16-10-6-2-5-9(14)15-10/h1-6H,(H,15,16,18). The molecule has 8 heteroatoms. The van der Waals surface area contributed by atoms with Crippen LogP contribution in [0.1, 0.15) is 10.4 Å². The number of hydrogen-bond acceptors (Lipinski definition) is 4. The van der Waals surface area contributed by atoms with Gasteiger partial charge in [0, 0.05) is 6.07 Å². The minimum atomic E-state index is -0.571. The lowest BCUT2D eigenvalue weighted by atomic mass is 10.2. The number of carbonyl (C=O) groups is 1. The summed E-state index contributed by atoms with van der Waals surface area (Å²) in [6.45, 7) is 0. The Morgan fingerprint density at radius 3 is 2.65 bits per heavy atom. The van der Waals surface area contributed by atoms with E-state index in [1.165, 1.54) is 18.2 Å². The first-order valence-electron chi connectivity index (χ1n) is 5.36. The van der Waals surface area contributed by atoms with E-state index >= 15 is 0 Å². The van der Waals surface area contributed by atoms with Gasteiger partial charge in [-0.3, -0.25) is 14.9 Å². The number of amides is 1. The summed E-state index contributed by atoms with van der Waals surface area (Å²) in [5.41, 5.74) is -0.0438. The van der Waals surface area contributed by atoms with E-state index in [4.69, 9.17) is 11.6 Å². The molecule has 0 fully saturated rings. The number of halogens is 2. The molecule has 0 radical (unpaired) electrons. The van der Waals surface area contributed by atoms with Crippen LogP contribution in [0.15, 0.2) is 40.9 Å². The molecule has 20 heavy (non-hydrogen) atoms. The van der Waals surface area contributed by atoms with Crippen LogP contribution in [0.25, 0.3) is 0 Å². The quantitative estimate of drug-likeness (QED) is 0.516. The molecule has 0 saturated carbocycles. The lowest BCUT2D eigenvalue weighted by Crippen LogP contribution is -2.14. The van der Waals surface area contributed by atoms with Crippen molar-refractivity contribution in [3.63, 3.8) is 0 Å². The predicted molar refractivity (Wildman–Crippen MR) is 78.0 cm³/mol. The molecular weight excluding hydrogens is 350 g/mol. The highest BCUT2D eigenvalue weighted by Crippen LogP contribution is 2.28. The largest absolute Gasteiger partial charge is 0.306 e. The highest BCUT2D eigenvalue weighted by Gasteiger charge is 2.19. The molecule has 0 aliphatic heterocycles. The topological polar surface area (TPSA) is 85.1 Å². The number of aromatic nitrogens is 1. The second-order valence-electron chi connectivity index (χ2n) is 3.70. The Kier molecular flexibility index (Phi) is 4.31. The van der Waals surface area contributed by atoms with E-state index in [1.54, 1.807) is 18.2 Å². The number of pyridine rings is 1. The number of hydrogen-bond donors (Lipinski definition) is 1. The van der Waals surface area contributed by atoms with Crippen molar-refractivity contribution in [3.8, 4) is 0 Å². The van der Waals surface area contributed by atoms with Gasteiger partial charge in [-0.25, -0.2) is 4.98 Å². The summed E-state index contributed by atoms with van der Waals surface area (Å²) < 4.78 is 0.115. The van der Waals surface area contributed by atoms with Crippen LogP contribution in [0.4, 0.5) is 11.5 Å². The lowest BCUT2D eigenvalue weighted by Gasteiger charge is -2.06. The van der Waals surface area contributed by atoms with Gasteiger partial charge in [0.05, 0.1) is 10.5 Å². The summed E-state index contributed by atoms with van der Waals surface area (Å²) in [5, 5.41) is 13.6. The van der Waals surface area contributed by atoms with Crippen LogP contribution in [0, 0.1) is 10.1 Å². The number of carbonyl (C=O) groups excluding carboxylic acids is 1. The molecule has 1 N–H and O–H groups in total. The average molecular weight is 357 g/mol. The summed E-state index contributed by atoms with van der Waals surface area (Å²) in [6, 6.07) is 8.97. The van der Waals surface area contributed by atoms with Crippen molar-refractivity contribution in [1.29, 1.82) is 0 Å². The Morgan fingerprint density at radius 2 is 2.00 bits per heavy atom. The summed E-state index contributed by atoms with van der Waals surface area (Å²) >= 11 is 8.77. The maximum atomic E-state index is 12.1. The van der Waals surface area contributed by atoms with Crippen molar-refractivity contribution in [2.24, 2.45) is 0 Å². The third-order valence-corrected chi connectivity index (χ3v) is 3.42. The van der Waals surface area contributed by atoms with Gasteiger partial charge in [-0.15, -0.1) is 0 Å². The molecule has 6 nitrogen and oxygen atoms in total. The first kappa shape index (κ1) is 14.4. The SMILES string of the molecule is O=C(Nc1cccc(Cl)n1)c1cccc([N+](=O)[O-])c1Br. The van der Waals surface area contributed by atoms with Gasteiger partial charge in [0.2, 0.25) is 0 Å². The van der Waals surface area contributed by atoms with Crippen LogP contribution in [-0.4, -0.2) is 15.8 Å². The number of nitro groups is 1. The highest BCUT2D eigenvalue weighted by molar-refractivity contribution is 9.10. The molecule has 0 spiro atoms. The number of nitrogens with zero attached hydrogens (tertiary/aromatic N) is 2. The van der Waals surface area contributed by atoms with E-state index < -0.39 is 10.8 Å². The molecule has 0 aliphatic rings. The molecule has 1 aromatic heterocycles. The lowest BCUT2D eigenvalue weighted by molar-refractivity contribution is -0.385. The summed E-state index contributed by atoms with van der Waals surface area (Å²) in [7, 11) is 0. The van der Waals surface area contributed by atoms with Crippen LogP contribution < -0.4 is 5.32 Å². The van der Waals surface area contributed by atoms with Gasteiger partial charge in [-0.2, -0.15) is 0 Å². The van der Waals surface area contributed by atoms with Gasteiger partial charge in [0.1, 0.15) is 15.4 Å². The zero-order valence-electron chi connectivity index (χ0n) is 9.84. The molecule has 0 bridgehead atoms. The van der Waals surface area contributed by atoms with Crippen molar-refractivity contribution in [1.82, 2.24) is 4.98 Å². The van der Waals surface area contributed by atoms with Crippen LogP contribution in [-0.2, 0) is 0 Å². The second-order valence-corrected chi connectivity index (χ2v) is 4.88. The number of rotatable bonds is 3. The zero-order valence-corrected chi connectivity index (χ0v) is 12.2. The Morgan fingerprint density at radius 1 is 1.30 bits per heavy atom. The van der Waals surface area contributed by atoms with E-state index in [2.05, 4.69) is 26.2 Å². The Hall–Kier alpha value is -1.99. The van der Waals surface area contributed by atoms with Crippen molar-refractivity contribution in [2.75, 3.05) is 5.32 Å². The molecule has 1 amide bonds. The minimum absolute atomic E-state index is 0.115. The van der Waals surface area contributed by atoms with Crippen molar-refractivity contribution in [2.45, 2.75) is 0 Å². The second kappa shape index (κ2) is 5.98. The van der Waals surface area contributed by atoms with Crippen molar-refractivity contribution in [3.05, 3.63) is 61.7 Å². The maximum Gasteiger partial charge on any atom is 0.284 e. The summed E-state index contributed by atoms with van der Waals surface area (Å²) in [4.78, 5) is 26.2. The monoisotopic (exact) mass is 355 g/mol. The van der Waals surface area contributed by atoms with E-state index in [0.717, 1.165) is 0 Å². The number of nitro benzene ring substituents is 1.